The van der Waals surface area contributed by atoms with Crippen LogP contribution in [0.1, 0.15) is 164 Å². The van der Waals surface area contributed by atoms with Crippen molar-refractivity contribution in [3.63, 3.8) is 0 Å². The Hall–Kier alpha value is -2.34. The van der Waals surface area contributed by atoms with Gasteiger partial charge in [0, 0.05) is 67.3 Å². The summed E-state index contributed by atoms with van der Waals surface area (Å²) in [7, 11) is 0. The molecule has 0 N–H and O–H groups in total. The number of benzene rings is 1. The number of fused-ring (bicyclic) bond motifs is 2. The van der Waals surface area contributed by atoms with Gasteiger partial charge in [-0.3, -0.25) is 18.6 Å². The van der Waals surface area contributed by atoms with Crippen molar-refractivity contribution in [1.82, 2.24) is 14.7 Å². The van der Waals surface area contributed by atoms with Gasteiger partial charge in [0.05, 0.1) is 25.3 Å². The van der Waals surface area contributed by atoms with Crippen LogP contribution in [-0.4, -0.2) is 51.5 Å². The Kier molecular flexibility index (Phi) is 18.1. The summed E-state index contributed by atoms with van der Waals surface area (Å²) >= 11 is 0. The highest BCUT2D eigenvalue weighted by molar-refractivity contribution is 5.79. The Morgan fingerprint density at radius 2 is 1.58 bits per heavy atom. The highest BCUT2D eigenvalue weighted by Crippen LogP contribution is 2.35. The fourth-order valence-electron chi connectivity index (χ4n) is 8.32. The van der Waals surface area contributed by atoms with E-state index in [4.69, 9.17) is 14.2 Å². The number of quaternary nitrogens is 1. The average molecular weight is 835 g/mol. The molecule has 0 amide bonds. The quantitative estimate of drug-likeness (QED) is 0.0476. The van der Waals surface area contributed by atoms with Crippen LogP contribution in [0, 0.1) is 12.7 Å². The second-order valence-electron chi connectivity index (χ2n) is 15.6. The van der Waals surface area contributed by atoms with Gasteiger partial charge in [-0.1, -0.05) is 102 Å². The predicted molar refractivity (Wildman–Crippen MR) is 201 cm³/mol. The predicted octanol–water partition coefficient (Wildman–Crippen LogP) is 6.87. The molecule has 0 atom stereocenters. The minimum atomic E-state index is -0.335. The molecular formula is C42H64FIN4O4. The van der Waals surface area contributed by atoms with Crippen molar-refractivity contribution in [3.8, 4) is 0 Å². The average Bonchev–Trinajstić information content (AvgIpc) is 3.55. The van der Waals surface area contributed by atoms with Gasteiger partial charge < -0.3 is 33.2 Å². The molecule has 8 nitrogen and oxygen atoms in total. The first kappa shape index (κ1) is 42.4. The van der Waals surface area contributed by atoms with Crippen LogP contribution in [0.25, 0.3) is 11.0 Å². The van der Waals surface area contributed by atoms with E-state index < -0.39 is 0 Å². The van der Waals surface area contributed by atoms with Gasteiger partial charge >= 0.3 is 5.97 Å². The van der Waals surface area contributed by atoms with Crippen LogP contribution in [0.5, 0.6) is 0 Å². The Bertz CT molecular complexity index is 1580. The summed E-state index contributed by atoms with van der Waals surface area (Å²) in [4.78, 5) is 31.4. The molecule has 2 aromatic heterocycles. The monoisotopic (exact) mass is 834 g/mol. The topological polar surface area (TPSA) is 87.2 Å². The number of piperidine rings is 1. The molecule has 4 heterocycles. The lowest BCUT2D eigenvalue weighted by molar-refractivity contribution is -0.948. The highest BCUT2D eigenvalue weighted by atomic mass is 127. The first-order valence-electron chi connectivity index (χ1n) is 20.5. The van der Waals surface area contributed by atoms with E-state index in [0.717, 1.165) is 92.7 Å². The van der Waals surface area contributed by atoms with E-state index in [9.17, 15) is 14.0 Å². The first-order chi connectivity index (χ1) is 24.9. The Morgan fingerprint density at radius 1 is 0.942 bits per heavy atom. The Morgan fingerprint density at radius 3 is 2.23 bits per heavy atom. The van der Waals surface area contributed by atoms with Crippen molar-refractivity contribution in [2.75, 3.05) is 26.4 Å². The zero-order valence-corrected chi connectivity index (χ0v) is 34.2. The van der Waals surface area contributed by atoms with E-state index in [1.807, 2.05) is 11.5 Å². The summed E-state index contributed by atoms with van der Waals surface area (Å²) in [5, 5.41) is 5.21. The van der Waals surface area contributed by atoms with Crippen LogP contribution < -0.4 is 29.5 Å². The van der Waals surface area contributed by atoms with E-state index in [-0.39, 0.29) is 47.2 Å². The Balaban J connectivity index is 0.00000605. The van der Waals surface area contributed by atoms with Gasteiger partial charge in [-0.2, -0.15) is 0 Å². The Labute approximate surface area is 328 Å². The molecule has 290 valence electrons. The van der Waals surface area contributed by atoms with E-state index in [1.54, 1.807) is 6.07 Å². The molecule has 0 spiro atoms. The molecule has 5 rings (SSSR count). The van der Waals surface area contributed by atoms with Crippen LogP contribution >= 0.6 is 0 Å². The number of halogens is 2. The second-order valence-corrected chi connectivity index (χ2v) is 15.6. The van der Waals surface area contributed by atoms with Crippen LogP contribution in [0.3, 0.4) is 0 Å². The molecule has 3 aromatic rings. The van der Waals surface area contributed by atoms with Gasteiger partial charge in [0.1, 0.15) is 11.6 Å². The molecule has 0 aliphatic carbocycles. The number of rotatable bonds is 22. The summed E-state index contributed by atoms with van der Waals surface area (Å²) in [6.07, 6.45) is 25.1. The molecule has 1 fully saturated rings. The van der Waals surface area contributed by atoms with E-state index in [1.165, 1.54) is 95.6 Å². The summed E-state index contributed by atoms with van der Waals surface area (Å²) in [5.41, 5.74) is 3.05. The molecule has 1 saturated heterocycles. The van der Waals surface area contributed by atoms with Crippen molar-refractivity contribution in [2.24, 2.45) is 0 Å². The van der Waals surface area contributed by atoms with Gasteiger partial charge in [-0.05, 0) is 38.3 Å². The SMILES string of the molecule is CCCCCCCCCCCCCCCCCC(=O)OC[N+]1(CCc2c(C)nc3n(c2=O)CCCC3)CCC(c2noc3cc(F)ccc23)CC1.[I-]. The molecule has 52 heavy (non-hydrogen) atoms. The van der Waals surface area contributed by atoms with Crippen molar-refractivity contribution in [2.45, 2.75) is 168 Å². The first-order valence-corrected chi connectivity index (χ1v) is 20.5. The zero-order chi connectivity index (χ0) is 35.9. The third kappa shape index (κ3) is 12.4. The fourth-order valence-corrected chi connectivity index (χ4v) is 8.32. The van der Waals surface area contributed by atoms with Crippen LogP contribution in [0.15, 0.2) is 27.5 Å². The number of aryl methyl sites for hydroxylation is 2. The summed E-state index contributed by atoms with van der Waals surface area (Å²) in [6.45, 7) is 7.59. The van der Waals surface area contributed by atoms with Gasteiger partial charge in [0.2, 0.25) is 6.73 Å². The van der Waals surface area contributed by atoms with E-state index >= 15 is 0 Å². The number of likely N-dealkylation sites (tertiary alicyclic amines) is 1. The molecule has 2 aliphatic rings. The lowest BCUT2D eigenvalue weighted by Crippen LogP contribution is -3.00. The van der Waals surface area contributed by atoms with Crippen LogP contribution in [0.2, 0.25) is 0 Å². The molecule has 1 aromatic carbocycles. The number of ether oxygens (including phenoxy) is 1. The van der Waals surface area contributed by atoms with Gasteiger partial charge in [-0.15, -0.1) is 0 Å². The number of carbonyl (C=O) groups is 1. The molecule has 10 heteroatoms. The maximum Gasteiger partial charge on any atom is 0.310 e. The second kappa shape index (κ2) is 22.1. The fraction of sp³-hybridized carbons (Fsp3) is 0.714. The van der Waals surface area contributed by atoms with E-state index in [2.05, 4.69) is 12.1 Å². The molecule has 2 aliphatic heterocycles. The number of hydrogen-bond donors (Lipinski definition) is 0. The summed E-state index contributed by atoms with van der Waals surface area (Å²) in [5.74, 6) is 0.625. The summed E-state index contributed by atoms with van der Waals surface area (Å²) < 4.78 is 27.8. The third-order valence-corrected chi connectivity index (χ3v) is 11.7. The smallest absolute Gasteiger partial charge is 0.310 e. The molecule has 0 radical (unpaired) electrons. The lowest BCUT2D eigenvalue weighted by atomic mass is 9.90. The van der Waals surface area contributed by atoms with Gasteiger partial charge in [0.25, 0.3) is 5.56 Å². The summed E-state index contributed by atoms with van der Waals surface area (Å²) in [6, 6.07) is 4.60. The molecule has 0 unspecified atom stereocenters. The maximum atomic E-state index is 13.8. The highest BCUT2D eigenvalue weighted by Gasteiger charge is 2.37. The largest absolute Gasteiger partial charge is 1.00 e. The molecule has 0 saturated carbocycles. The number of unbranched alkanes of at least 4 members (excludes halogenated alkanes) is 14. The van der Waals surface area contributed by atoms with Gasteiger partial charge in [-0.25, -0.2) is 9.37 Å². The van der Waals surface area contributed by atoms with Gasteiger partial charge in [0.15, 0.2) is 5.58 Å². The van der Waals surface area contributed by atoms with Crippen molar-refractivity contribution >= 4 is 16.9 Å². The van der Waals surface area contributed by atoms with Crippen molar-refractivity contribution in [3.05, 3.63) is 57.1 Å². The van der Waals surface area contributed by atoms with Crippen molar-refractivity contribution < 1.29 is 46.9 Å². The van der Waals surface area contributed by atoms with E-state index in [0.29, 0.717) is 36.2 Å². The number of esters is 1. The number of aromatic nitrogens is 3. The molecule has 0 bridgehead atoms. The normalized spacial score (nSPS) is 18.6. The van der Waals surface area contributed by atoms with Crippen molar-refractivity contribution in [1.29, 1.82) is 0 Å². The minimum Gasteiger partial charge on any atom is -1.00 e. The maximum absolute atomic E-state index is 13.8. The molecular weight excluding hydrogens is 770 g/mol. The number of nitrogens with zero attached hydrogens (tertiary/aromatic N) is 4. The minimum absolute atomic E-state index is 0. The third-order valence-electron chi connectivity index (χ3n) is 11.7. The number of hydrogen-bond acceptors (Lipinski definition) is 6. The standard InChI is InChI=1S/C42H64FN4O4.HI/c1-3-4-5-6-7-8-9-10-11-12-13-14-15-16-17-21-40(48)50-32-47(30-26-36-33(2)44-39-20-18-19-27-46(39)42(36)49)28-24-34(25-29-47)41-37-23-22-35(43)31-38(37)51-45-41;/h22-23,31,34H,3-21,24-30,32H2,1-2H3;1H/q+1;/p-1. The lowest BCUT2D eigenvalue weighted by Gasteiger charge is -2.42. The van der Waals surface area contributed by atoms with Crippen LogP contribution in [-0.2, 0) is 28.9 Å². The van der Waals surface area contributed by atoms with Crippen LogP contribution in [0.4, 0.5) is 4.39 Å². The number of carbonyl (C=O) groups excluding carboxylic acids is 1. The zero-order valence-electron chi connectivity index (χ0n) is 32.1.